The lowest BCUT2D eigenvalue weighted by Gasteiger charge is -2.48. The SMILES string of the molecule is COCCCN1C[C@@]2(CCCN(c3ncc(F)cn3)C2)CCC1=O. The molecule has 0 aromatic carbocycles. The molecule has 3 heterocycles. The molecule has 2 saturated heterocycles. The van der Waals surface area contributed by atoms with E-state index in [9.17, 15) is 9.18 Å². The summed E-state index contributed by atoms with van der Waals surface area (Å²) in [7, 11) is 1.68. The molecule has 2 aliphatic heterocycles. The third-order valence-corrected chi connectivity index (χ3v) is 5.08. The zero-order chi connectivity index (χ0) is 17.0. The van der Waals surface area contributed by atoms with Gasteiger partial charge in [-0.05, 0) is 25.7 Å². The van der Waals surface area contributed by atoms with Gasteiger partial charge in [-0.25, -0.2) is 14.4 Å². The van der Waals surface area contributed by atoms with Crippen LogP contribution in [0.4, 0.5) is 10.3 Å². The number of nitrogens with zero attached hydrogens (tertiary/aromatic N) is 4. The van der Waals surface area contributed by atoms with Gasteiger partial charge >= 0.3 is 0 Å². The van der Waals surface area contributed by atoms with Gasteiger partial charge in [-0.3, -0.25) is 4.79 Å². The van der Waals surface area contributed by atoms with E-state index in [1.165, 1.54) is 12.4 Å². The van der Waals surface area contributed by atoms with Gasteiger partial charge in [-0.1, -0.05) is 0 Å². The van der Waals surface area contributed by atoms with E-state index in [1.54, 1.807) is 7.11 Å². The van der Waals surface area contributed by atoms with E-state index in [1.807, 2.05) is 4.90 Å². The lowest BCUT2D eigenvalue weighted by molar-refractivity contribution is -0.138. The van der Waals surface area contributed by atoms with Crippen LogP contribution in [0.1, 0.15) is 32.1 Å². The van der Waals surface area contributed by atoms with Gasteiger partial charge in [0, 0.05) is 51.7 Å². The summed E-state index contributed by atoms with van der Waals surface area (Å²) in [6.07, 6.45) is 6.95. The molecule has 0 N–H and O–H groups in total. The maximum Gasteiger partial charge on any atom is 0.225 e. The highest BCUT2D eigenvalue weighted by Crippen LogP contribution is 2.39. The van der Waals surface area contributed by atoms with Crippen LogP contribution in [0.3, 0.4) is 0 Å². The maximum atomic E-state index is 13.0. The Bertz CT molecular complexity index is 568. The Balaban J connectivity index is 1.67. The largest absolute Gasteiger partial charge is 0.385 e. The number of amides is 1. The molecule has 3 rings (SSSR count). The van der Waals surface area contributed by atoms with Crippen LogP contribution in [0.15, 0.2) is 12.4 Å². The number of halogens is 1. The number of ether oxygens (including phenoxy) is 1. The highest BCUT2D eigenvalue weighted by atomic mass is 19.1. The molecule has 0 radical (unpaired) electrons. The number of likely N-dealkylation sites (tertiary alicyclic amines) is 1. The second-order valence-corrected chi connectivity index (χ2v) is 6.89. The Morgan fingerprint density at radius 3 is 2.83 bits per heavy atom. The molecule has 6 nitrogen and oxygen atoms in total. The van der Waals surface area contributed by atoms with Crippen LogP contribution in [-0.4, -0.2) is 60.7 Å². The van der Waals surface area contributed by atoms with Crippen LogP contribution in [0.25, 0.3) is 0 Å². The van der Waals surface area contributed by atoms with Crippen molar-refractivity contribution in [3.8, 4) is 0 Å². The Hall–Kier alpha value is -1.76. The van der Waals surface area contributed by atoms with Gasteiger partial charge in [0.25, 0.3) is 0 Å². The van der Waals surface area contributed by atoms with Crippen molar-refractivity contribution in [2.75, 3.05) is 44.8 Å². The first-order valence-electron chi connectivity index (χ1n) is 8.61. The van der Waals surface area contributed by atoms with Crippen LogP contribution >= 0.6 is 0 Å². The van der Waals surface area contributed by atoms with Gasteiger partial charge in [0.05, 0.1) is 12.4 Å². The van der Waals surface area contributed by atoms with Crippen molar-refractivity contribution in [3.63, 3.8) is 0 Å². The summed E-state index contributed by atoms with van der Waals surface area (Å²) in [5.41, 5.74) is 0.0942. The van der Waals surface area contributed by atoms with E-state index in [-0.39, 0.29) is 11.3 Å². The smallest absolute Gasteiger partial charge is 0.225 e. The number of carbonyl (C=O) groups is 1. The van der Waals surface area contributed by atoms with Gasteiger partial charge in [0.2, 0.25) is 11.9 Å². The Labute approximate surface area is 142 Å². The first kappa shape index (κ1) is 17.1. The molecule has 7 heteroatoms. The molecule has 0 saturated carbocycles. The van der Waals surface area contributed by atoms with Crippen LogP contribution in [0, 0.1) is 11.2 Å². The van der Waals surface area contributed by atoms with Crippen molar-refractivity contribution in [1.82, 2.24) is 14.9 Å². The average Bonchev–Trinajstić information content (AvgIpc) is 2.59. The third kappa shape index (κ3) is 3.83. The predicted octanol–water partition coefficient (Wildman–Crippen LogP) is 1.86. The van der Waals surface area contributed by atoms with Crippen molar-refractivity contribution < 1.29 is 13.9 Å². The summed E-state index contributed by atoms with van der Waals surface area (Å²) >= 11 is 0. The number of hydrogen-bond donors (Lipinski definition) is 0. The standard InChI is InChI=1S/C17H25FN4O2/c1-24-9-3-8-21-12-17(6-4-15(21)23)5-2-7-22(13-17)16-19-10-14(18)11-20-16/h10-11H,2-9,12-13H2,1H3/t17-/m1/s1. The lowest BCUT2D eigenvalue weighted by Crippen LogP contribution is -2.54. The molecule has 0 aliphatic carbocycles. The van der Waals surface area contributed by atoms with Gasteiger partial charge in [0.15, 0.2) is 5.82 Å². The molecular weight excluding hydrogens is 311 g/mol. The molecule has 2 fully saturated rings. The maximum absolute atomic E-state index is 13.0. The summed E-state index contributed by atoms with van der Waals surface area (Å²) in [6.45, 7) is 3.92. The number of methoxy groups -OCH3 is 1. The van der Waals surface area contributed by atoms with E-state index in [0.29, 0.717) is 19.0 Å². The molecule has 1 spiro atoms. The normalized spacial score (nSPS) is 24.7. The Morgan fingerprint density at radius 1 is 1.29 bits per heavy atom. The zero-order valence-electron chi connectivity index (χ0n) is 14.2. The first-order valence-corrected chi connectivity index (χ1v) is 8.61. The highest BCUT2D eigenvalue weighted by Gasteiger charge is 2.42. The molecular formula is C17H25FN4O2. The fourth-order valence-electron chi connectivity index (χ4n) is 3.89. The minimum absolute atomic E-state index is 0.0942. The monoisotopic (exact) mass is 336 g/mol. The zero-order valence-corrected chi connectivity index (χ0v) is 14.2. The molecule has 1 atom stereocenters. The number of anilines is 1. The molecule has 0 bridgehead atoms. The Morgan fingerprint density at radius 2 is 2.08 bits per heavy atom. The molecule has 1 amide bonds. The van der Waals surface area contributed by atoms with Crippen molar-refractivity contribution >= 4 is 11.9 Å². The quantitative estimate of drug-likeness (QED) is 0.768. The molecule has 1 aromatic rings. The third-order valence-electron chi connectivity index (χ3n) is 5.08. The van der Waals surface area contributed by atoms with Gasteiger partial charge in [0.1, 0.15) is 0 Å². The summed E-state index contributed by atoms with van der Waals surface area (Å²) in [5.74, 6) is 0.406. The van der Waals surface area contributed by atoms with E-state index in [4.69, 9.17) is 4.74 Å². The van der Waals surface area contributed by atoms with E-state index < -0.39 is 5.82 Å². The highest BCUT2D eigenvalue weighted by molar-refractivity contribution is 5.77. The average molecular weight is 336 g/mol. The lowest BCUT2D eigenvalue weighted by atomic mass is 9.73. The summed E-state index contributed by atoms with van der Waals surface area (Å²) in [4.78, 5) is 24.6. The number of piperidine rings is 2. The molecule has 2 aliphatic rings. The summed E-state index contributed by atoms with van der Waals surface area (Å²) < 4.78 is 18.1. The van der Waals surface area contributed by atoms with Gasteiger partial charge < -0.3 is 14.5 Å². The van der Waals surface area contributed by atoms with Crippen molar-refractivity contribution in [1.29, 1.82) is 0 Å². The van der Waals surface area contributed by atoms with Crippen molar-refractivity contribution in [2.45, 2.75) is 32.1 Å². The van der Waals surface area contributed by atoms with E-state index in [0.717, 1.165) is 51.9 Å². The van der Waals surface area contributed by atoms with Gasteiger partial charge in [-0.2, -0.15) is 0 Å². The van der Waals surface area contributed by atoms with E-state index >= 15 is 0 Å². The number of hydrogen-bond acceptors (Lipinski definition) is 5. The van der Waals surface area contributed by atoms with Crippen molar-refractivity contribution in [2.24, 2.45) is 5.41 Å². The summed E-state index contributed by atoms with van der Waals surface area (Å²) in [6, 6.07) is 0. The minimum atomic E-state index is -0.418. The summed E-state index contributed by atoms with van der Waals surface area (Å²) in [5, 5.41) is 0. The van der Waals surface area contributed by atoms with Crippen LogP contribution in [-0.2, 0) is 9.53 Å². The molecule has 24 heavy (non-hydrogen) atoms. The molecule has 0 unspecified atom stereocenters. The van der Waals surface area contributed by atoms with Crippen LogP contribution in [0.5, 0.6) is 0 Å². The first-order chi connectivity index (χ1) is 11.6. The fourth-order valence-corrected chi connectivity index (χ4v) is 3.89. The number of rotatable bonds is 5. The van der Waals surface area contributed by atoms with Crippen molar-refractivity contribution in [3.05, 3.63) is 18.2 Å². The van der Waals surface area contributed by atoms with Gasteiger partial charge in [-0.15, -0.1) is 0 Å². The minimum Gasteiger partial charge on any atom is -0.385 e. The number of carbonyl (C=O) groups excluding carboxylic acids is 1. The van der Waals surface area contributed by atoms with E-state index in [2.05, 4.69) is 14.9 Å². The second kappa shape index (κ2) is 7.42. The fraction of sp³-hybridized carbons (Fsp3) is 0.706. The van der Waals surface area contributed by atoms with Crippen LogP contribution in [0.2, 0.25) is 0 Å². The number of aromatic nitrogens is 2. The second-order valence-electron chi connectivity index (χ2n) is 6.89. The topological polar surface area (TPSA) is 58.6 Å². The molecule has 132 valence electrons. The molecule has 1 aromatic heterocycles. The van der Waals surface area contributed by atoms with Crippen LogP contribution < -0.4 is 4.90 Å². The Kier molecular flexibility index (Phi) is 5.28. The predicted molar refractivity (Wildman–Crippen MR) is 88.2 cm³/mol.